The summed E-state index contributed by atoms with van der Waals surface area (Å²) in [6, 6.07) is 8.20. The van der Waals surface area contributed by atoms with Crippen molar-refractivity contribution in [2.45, 2.75) is 70.7 Å². The summed E-state index contributed by atoms with van der Waals surface area (Å²) in [4.78, 5) is 13.7. The zero-order valence-electron chi connectivity index (χ0n) is 18.6. The number of nitrogens with zero attached hydrogens (tertiary/aromatic N) is 1. The lowest BCUT2D eigenvalue weighted by molar-refractivity contribution is 0.0217. The minimum Gasteiger partial charge on any atom is -0.444 e. The summed E-state index contributed by atoms with van der Waals surface area (Å²) < 4.78 is 30.7. The Labute approximate surface area is 176 Å². The highest BCUT2D eigenvalue weighted by Gasteiger charge is 2.32. The van der Waals surface area contributed by atoms with Crippen molar-refractivity contribution >= 4 is 22.0 Å². The number of carbonyl (C=O) groups is 1. The molecule has 0 bridgehead atoms. The molecule has 29 heavy (non-hydrogen) atoms. The van der Waals surface area contributed by atoms with E-state index in [1.54, 1.807) is 11.0 Å². The van der Waals surface area contributed by atoms with E-state index in [2.05, 4.69) is 32.9 Å². The van der Waals surface area contributed by atoms with Gasteiger partial charge in [-0.2, -0.15) is 0 Å². The van der Waals surface area contributed by atoms with Crippen LogP contribution in [0.5, 0.6) is 0 Å². The van der Waals surface area contributed by atoms with Crippen LogP contribution in [0.1, 0.15) is 65.5 Å². The van der Waals surface area contributed by atoms with Gasteiger partial charge in [0.15, 0.2) is 9.84 Å². The Hall–Kier alpha value is -1.82. The molecule has 0 N–H and O–H groups in total. The standard InChI is InChI=1S/C23H35NO4S/c1-22(2,3)19-11-9-18(10-12-19)8-7-17-29(26,27)20-13-15-24(16-14-20)21(25)28-23(4,5)6/h7-12,20H,13-17H2,1-6H3. The Morgan fingerprint density at radius 3 is 2.10 bits per heavy atom. The van der Waals surface area contributed by atoms with Crippen LogP contribution < -0.4 is 0 Å². The van der Waals surface area contributed by atoms with Crippen LogP contribution in [-0.2, 0) is 20.0 Å². The summed E-state index contributed by atoms with van der Waals surface area (Å²) in [5, 5.41) is -0.408. The lowest BCUT2D eigenvalue weighted by atomic mass is 9.87. The first-order valence-electron chi connectivity index (χ1n) is 10.2. The summed E-state index contributed by atoms with van der Waals surface area (Å²) >= 11 is 0. The van der Waals surface area contributed by atoms with Crippen LogP contribution >= 0.6 is 0 Å². The van der Waals surface area contributed by atoms with Gasteiger partial charge < -0.3 is 9.64 Å². The molecule has 1 saturated heterocycles. The molecule has 2 rings (SSSR count). The lowest BCUT2D eigenvalue weighted by Crippen LogP contribution is -2.44. The number of sulfone groups is 1. The van der Waals surface area contributed by atoms with Crippen molar-refractivity contribution < 1.29 is 17.9 Å². The van der Waals surface area contributed by atoms with Crippen molar-refractivity contribution in [3.8, 4) is 0 Å². The van der Waals surface area contributed by atoms with Crippen molar-refractivity contribution in [3.63, 3.8) is 0 Å². The van der Waals surface area contributed by atoms with Crippen LogP contribution in [0.3, 0.4) is 0 Å². The average Bonchev–Trinajstić information content (AvgIpc) is 2.60. The van der Waals surface area contributed by atoms with Crippen molar-refractivity contribution in [2.75, 3.05) is 18.8 Å². The second-order valence-corrected chi connectivity index (χ2v) is 12.1. The number of rotatable bonds is 4. The van der Waals surface area contributed by atoms with E-state index in [0.29, 0.717) is 25.9 Å². The molecular weight excluding hydrogens is 386 g/mol. The van der Waals surface area contributed by atoms with E-state index in [9.17, 15) is 13.2 Å². The zero-order chi connectivity index (χ0) is 21.9. The van der Waals surface area contributed by atoms with Crippen molar-refractivity contribution in [1.82, 2.24) is 4.90 Å². The second-order valence-electron chi connectivity index (χ2n) is 9.77. The van der Waals surface area contributed by atoms with E-state index in [4.69, 9.17) is 4.74 Å². The number of amides is 1. The highest BCUT2D eigenvalue weighted by Crippen LogP contribution is 2.23. The number of carbonyl (C=O) groups excluding carboxylic acids is 1. The summed E-state index contributed by atoms with van der Waals surface area (Å²) in [5.74, 6) is 0.0190. The molecule has 0 spiro atoms. The third-order valence-electron chi connectivity index (χ3n) is 5.02. The molecule has 0 aliphatic carbocycles. The molecule has 1 aliphatic rings. The predicted molar refractivity (Wildman–Crippen MR) is 119 cm³/mol. The van der Waals surface area contributed by atoms with Gasteiger partial charge in [0.05, 0.1) is 11.0 Å². The second kappa shape index (κ2) is 8.90. The van der Waals surface area contributed by atoms with Crippen molar-refractivity contribution in [1.29, 1.82) is 0 Å². The number of hydrogen-bond acceptors (Lipinski definition) is 4. The fourth-order valence-electron chi connectivity index (χ4n) is 3.27. The Morgan fingerprint density at radius 2 is 1.62 bits per heavy atom. The van der Waals surface area contributed by atoms with Crippen LogP contribution in [0, 0.1) is 0 Å². The molecule has 0 saturated carbocycles. The Balaban J connectivity index is 1.89. The zero-order valence-corrected chi connectivity index (χ0v) is 19.4. The van der Waals surface area contributed by atoms with E-state index in [1.165, 1.54) is 5.56 Å². The maximum atomic E-state index is 12.7. The smallest absolute Gasteiger partial charge is 0.410 e. The Bertz CT molecular complexity index is 819. The first-order valence-corrected chi connectivity index (χ1v) is 12.0. The van der Waals surface area contributed by atoms with Gasteiger partial charge in [0.2, 0.25) is 0 Å². The van der Waals surface area contributed by atoms with Gasteiger partial charge >= 0.3 is 6.09 Å². The molecule has 0 aromatic heterocycles. The van der Waals surface area contributed by atoms with Gasteiger partial charge in [0.1, 0.15) is 5.60 Å². The molecule has 0 unspecified atom stereocenters. The Morgan fingerprint density at radius 1 is 1.07 bits per heavy atom. The maximum absolute atomic E-state index is 12.7. The summed E-state index contributed by atoms with van der Waals surface area (Å²) in [7, 11) is -3.23. The van der Waals surface area contributed by atoms with Crippen molar-refractivity contribution in [3.05, 3.63) is 41.5 Å². The number of hydrogen-bond donors (Lipinski definition) is 0. The Kier molecular flexibility index (Phi) is 7.20. The van der Waals surface area contributed by atoms with E-state index in [1.807, 2.05) is 39.0 Å². The molecule has 162 valence electrons. The molecule has 0 radical (unpaired) electrons. The molecule has 0 atom stereocenters. The van der Waals surface area contributed by atoms with Crippen LogP contribution in [0.2, 0.25) is 0 Å². The molecule has 5 nitrogen and oxygen atoms in total. The summed E-state index contributed by atoms with van der Waals surface area (Å²) in [6.07, 6.45) is 4.12. The topological polar surface area (TPSA) is 63.7 Å². The fourth-order valence-corrected chi connectivity index (χ4v) is 4.84. The van der Waals surface area contributed by atoms with Crippen LogP contribution in [-0.4, -0.2) is 49.1 Å². The van der Waals surface area contributed by atoms with E-state index in [0.717, 1.165) is 5.56 Å². The fraction of sp³-hybridized carbons (Fsp3) is 0.609. The molecule has 6 heteroatoms. The van der Waals surface area contributed by atoms with Gasteiger partial charge in [-0.3, -0.25) is 0 Å². The monoisotopic (exact) mass is 421 g/mol. The van der Waals surface area contributed by atoms with Gasteiger partial charge in [0, 0.05) is 13.1 Å². The number of ether oxygens (including phenoxy) is 1. The predicted octanol–water partition coefficient (Wildman–Crippen LogP) is 4.81. The molecule has 1 heterocycles. The SMILES string of the molecule is CC(C)(C)OC(=O)N1CCC(S(=O)(=O)CC=Cc2ccc(C(C)(C)C)cc2)CC1. The van der Waals surface area contributed by atoms with Crippen LogP contribution in [0.25, 0.3) is 6.08 Å². The molecule has 1 aliphatic heterocycles. The average molecular weight is 422 g/mol. The molecular formula is C23H35NO4S. The van der Waals surface area contributed by atoms with E-state index >= 15 is 0 Å². The van der Waals surface area contributed by atoms with Gasteiger partial charge in [-0.25, -0.2) is 13.2 Å². The molecule has 1 aromatic rings. The number of benzene rings is 1. The van der Waals surface area contributed by atoms with Crippen LogP contribution in [0.15, 0.2) is 30.3 Å². The molecule has 1 amide bonds. The largest absolute Gasteiger partial charge is 0.444 e. The highest BCUT2D eigenvalue weighted by molar-refractivity contribution is 7.92. The first kappa shape index (κ1) is 23.5. The third-order valence-corrected chi connectivity index (χ3v) is 7.16. The van der Waals surface area contributed by atoms with E-state index < -0.39 is 20.7 Å². The van der Waals surface area contributed by atoms with E-state index in [-0.39, 0.29) is 17.3 Å². The van der Waals surface area contributed by atoms with Gasteiger partial charge in [0.25, 0.3) is 0 Å². The normalized spacial score (nSPS) is 17.0. The number of piperidine rings is 1. The quantitative estimate of drug-likeness (QED) is 0.700. The number of likely N-dealkylation sites (tertiary alicyclic amines) is 1. The minimum absolute atomic E-state index is 0.0190. The highest BCUT2D eigenvalue weighted by atomic mass is 32.2. The van der Waals surface area contributed by atoms with Crippen LogP contribution in [0.4, 0.5) is 4.79 Å². The van der Waals surface area contributed by atoms with Gasteiger partial charge in [-0.05, 0) is 50.2 Å². The summed E-state index contributed by atoms with van der Waals surface area (Å²) in [5.41, 5.74) is 1.79. The maximum Gasteiger partial charge on any atom is 0.410 e. The van der Waals surface area contributed by atoms with Gasteiger partial charge in [-0.15, -0.1) is 0 Å². The first-order chi connectivity index (χ1) is 13.3. The lowest BCUT2D eigenvalue weighted by Gasteiger charge is -2.33. The minimum atomic E-state index is -3.23. The summed E-state index contributed by atoms with van der Waals surface area (Å²) in [6.45, 7) is 12.8. The van der Waals surface area contributed by atoms with Gasteiger partial charge in [-0.1, -0.05) is 57.2 Å². The molecule has 1 fully saturated rings. The third kappa shape index (κ3) is 7.18. The van der Waals surface area contributed by atoms with Crippen molar-refractivity contribution in [2.24, 2.45) is 0 Å². The molecule has 1 aromatic carbocycles.